The van der Waals surface area contributed by atoms with E-state index in [-0.39, 0.29) is 0 Å². The lowest BCUT2D eigenvalue weighted by atomic mass is 10.3. The molecule has 22 heavy (non-hydrogen) atoms. The van der Waals surface area contributed by atoms with Crippen molar-refractivity contribution in [3.63, 3.8) is 0 Å². The summed E-state index contributed by atoms with van der Waals surface area (Å²) in [6.07, 6.45) is 0. The molecule has 1 fully saturated rings. The molecular formula is C16H16Cl2N2S2. The van der Waals surface area contributed by atoms with Crippen LogP contribution in [-0.4, -0.2) is 23.5 Å². The fourth-order valence-corrected chi connectivity index (χ4v) is 4.69. The van der Waals surface area contributed by atoms with Gasteiger partial charge in [0.05, 0.1) is 23.5 Å². The van der Waals surface area contributed by atoms with Crippen LogP contribution in [0.4, 0.5) is 11.4 Å². The van der Waals surface area contributed by atoms with Crippen molar-refractivity contribution in [1.29, 1.82) is 0 Å². The number of hydrogen-bond acceptors (Lipinski definition) is 4. The lowest BCUT2D eigenvalue weighted by Crippen LogP contribution is -2.31. The smallest absolute Gasteiger partial charge is 0.0665 e. The van der Waals surface area contributed by atoms with Crippen molar-refractivity contribution in [3.05, 3.63) is 58.6 Å². The van der Waals surface area contributed by atoms with Gasteiger partial charge >= 0.3 is 0 Å². The predicted molar refractivity (Wildman–Crippen MR) is 103 cm³/mol. The van der Waals surface area contributed by atoms with Gasteiger partial charge in [-0.2, -0.15) is 0 Å². The summed E-state index contributed by atoms with van der Waals surface area (Å²) in [5.74, 6) is 3.88. The first-order valence-corrected chi connectivity index (χ1v) is 9.95. The Morgan fingerprint density at radius 1 is 0.591 bits per heavy atom. The first-order valence-electron chi connectivity index (χ1n) is 6.89. The Kier molecular flexibility index (Phi) is 5.69. The van der Waals surface area contributed by atoms with Crippen LogP contribution in [0, 0.1) is 0 Å². The Hall–Kier alpha value is -0.680. The minimum atomic E-state index is 0.782. The zero-order valence-electron chi connectivity index (χ0n) is 11.9. The highest BCUT2D eigenvalue weighted by Crippen LogP contribution is 2.28. The highest BCUT2D eigenvalue weighted by Gasteiger charge is 2.14. The van der Waals surface area contributed by atoms with Gasteiger partial charge in [-0.3, -0.25) is 0 Å². The second-order valence-corrected chi connectivity index (χ2v) is 7.68. The zero-order chi connectivity index (χ0) is 15.4. The summed E-state index contributed by atoms with van der Waals surface area (Å²) in [4.78, 5) is 4.76. The number of benzene rings is 2. The molecule has 0 N–H and O–H groups in total. The van der Waals surface area contributed by atoms with Gasteiger partial charge in [0.1, 0.15) is 0 Å². The van der Waals surface area contributed by atoms with Crippen LogP contribution in [-0.2, 0) is 0 Å². The molecule has 1 saturated heterocycles. The third-order valence-electron chi connectivity index (χ3n) is 3.37. The van der Waals surface area contributed by atoms with E-state index >= 15 is 0 Å². The molecule has 116 valence electrons. The maximum absolute atomic E-state index is 5.96. The molecule has 2 nitrogen and oxygen atoms in total. The lowest BCUT2D eigenvalue weighted by Gasteiger charge is -2.32. The summed E-state index contributed by atoms with van der Waals surface area (Å²) in [5.41, 5.74) is 2.45. The molecular weight excluding hydrogens is 355 g/mol. The standard InChI is InChI=1S/C16H16Cl2N2S2/c17-13-1-5-15(6-2-13)19-9-21-11-20(12-22-10-19)16-7-3-14(18)4-8-16/h1-8H,9-12H2. The average Bonchev–Trinajstić information content (AvgIpc) is 2.50. The van der Waals surface area contributed by atoms with Crippen molar-refractivity contribution < 1.29 is 0 Å². The quantitative estimate of drug-likeness (QED) is 0.676. The van der Waals surface area contributed by atoms with Crippen LogP contribution in [0.15, 0.2) is 48.5 Å². The predicted octanol–water partition coefficient (Wildman–Crippen LogP) is 5.62. The van der Waals surface area contributed by atoms with Gasteiger partial charge in [-0.1, -0.05) is 23.2 Å². The van der Waals surface area contributed by atoms with Crippen LogP contribution in [0.3, 0.4) is 0 Å². The Balaban J connectivity index is 1.62. The highest BCUT2D eigenvalue weighted by molar-refractivity contribution is 8.01. The molecule has 2 aromatic carbocycles. The van der Waals surface area contributed by atoms with Gasteiger partial charge < -0.3 is 9.80 Å². The third kappa shape index (κ3) is 4.19. The van der Waals surface area contributed by atoms with Crippen molar-refractivity contribution in [2.75, 3.05) is 33.3 Å². The fourth-order valence-electron chi connectivity index (χ4n) is 2.20. The highest BCUT2D eigenvalue weighted by atomic mass is 35.5. The van der Waals surface area contributed by atoms with Crippen LogP contribution in [0.1, 0.15) is 0 Å². The number of rotatable bonds is 2. The van der Waals surface area contributed by atoms with Crippen LogP contribution >= 0.6 is 46.7 Å². The molecule has 6 heteroatoms. The molecule has 1 heterocycles. The lowest BCUT2D eigenvalue weighted by molar-refractivity contribution is 1.01. The molecule has 1 aliphatic heterocycles. The van der Waals surface area contributed by atoms with E-state index in [0.29, 0.717) is 0 Å². The molecule has 0 saturated carbocycles. The maximum Gasteiger partial charge on any atom is 0.0665 e. The van der Waals surface area contributed by atoms with Gasteiger partial charge in [0.15, 0.2) is 0 Å². The van der Waals surface area contributed by atoms with Gasteiger partial charge in [0.25, 0.3) is 0 Å². The molecule has 2 aromatic rings. The number of hydrogen-bond donors (Lipinski definition) is 0. The van der Waals surface area contributed by atoms with Gasteiger partial charge in [0, 0.05) is 21.4 Å². The number of anilines is 2. The summed E-state index contributed by atoms with van der Waals surface area (Å²) in [6, 6.07) is 16.1. The van der Waals surface area contributed by atoms with Crippen molar-refractivity contribution in [3.8, 4) is 0 Å². The Morgan fingerprint density at radius 2 is 0.909 bits per heavy atom. The molecule has 0 atom stereocenters. The zero-order valence-corrected chi connectivity index (χ0v) is 15.1. The molecule has 0 radical (unpaired) electrons. The van der Waals surface area contributed by atoms with Gasteiger partial charge in [0.2, 0.25) is 0 Å². The van der Waals surface area contributed by atoms with E-state index < -0.39 is 0 Å². The maximum atomic E-state index is 5.96. The average molecular weight is 371 g/mol. The summed E-state index contributed by atoms with van der Waals surface area (Å²) in [6.45, 7) is 0. The second kappa shape index (κ2) is 7.73. The van der Waals surface area contributed by atoms with E-state index in [9.17, 15) is 0 Å². The molecule has 1 aliphatic rings. The van der Waals surface area contributed by atoms with Crippen molar-refractivity contribution in [2.24, 2.45) is 0 Å². The molecule has 0 aliphatic carbocycles. The van der Waals surface area contributed by atoms with E-state index in [2.05, 4.69) is 34.1 Å². The van der Waals surface area contributed by atoms with E-state index in [1.54, 1.807) is 0 Å². The van der Waals surface area contributed by atoms with Crippen LogP contribution in [0.25, 0.3) is 0 Å². The summed E-state index contributed by atoms with van der Waals surface area (Å²) in [5, 5.41) is 1.56. The Labute approximate surface area is 149 Å². The van der Waals surface area contributed by atoms with Crippen molar-refractivity contribution in [1.82, 2.24) is 0 Å². The van der Waals surface area contributed by atoms with E-state index in [0.717, 1.165) is 33.6 Å². The molecule has 0 unspecified atom stereocenters. The van der Waals surface area contributed by atoms with Crippen LogP contribution in [0.5, 0.6) is 0 Å². The van der Waals surface area contributed by atoms with Gasteiger partial charge in [-0.15, -0.1) is 23.5 Å². The van der Waals surface area contributed by atoms with Crippen molar-refractivity contribution >= 4 is 58.1 Å². The van der Waals surface area contributed by atoms with Gasteiger partial charge in [-0.25, -0.2) is 0 Å². The van der Waals surface area contributed by atoms with E-state index in [4.69, 9.17) is 23.2 Å². The topological polar surface area (TPSA) is 6.48 Å². The number of nitrogens with zero attached hydrogens (tertiary/aromatic N) is 2. The molecule has 0 aromatic heterocycles. The fraction of sp³-hybridized carbons (Fsp3) is 0.250. The minimum absolute atomic E-state index is 0.782. The molecule has 3 rings (SSSR count). The SMILES string of the molecule is Clc1ccc(N2CSCN(c3ccc(Cl)cc3)CSC2)cc1. The second-order valence-electron chi connectivity index (χ2n) is 4.96. The van der Waals surface area contributed by atoms with Crippen LogP contribution in [0.2, 0.25) is 10.0 Å². The number of thioether (sulfide) groups is 2. The number of halogens is 2. The van der Waals surface area contributed by atoms with E-state index in [1.807, 2.05) is 47.8 Å². The molecule has 0 amide bonds. The first kappa shape index (κ1) is 16.2. The minimum Gasteiger partial charge on any atom is -0.353 e. The van der Waals surface area contributed by atoms with E-state index in [1.165, 1.54) is 11.4 Å². The monoisotopic (exact) mass is 370 g/mol. The van der Waals surface area contributed by atoms with Crippen LogP contribution < -0.4 is 9.80 Å². The third-order valence-corrected chi connectivity index (χ3v) is 5.85. The molecule has 0 spiro atoms. The molecule has 0 bridgehead atoms. The Morgan fingerprint density at radius 3 is 1.23 bits per heavy atom. The van der Waals surface area contributed by atoms with Gasteiger partial charge in [-0.05, 0) is 48.5 Å². The largest absolute Gasteiger partial charge is 0.353 e. The summed E-state index contributed by atoms with van der Waals surface area (Å²) in [7, 11) is 0. The van der Waals surface area contributed by atoms with Crippen molar-refractivity contribution in [2.45, 2.75) is 0 Å². The summed E-state index contributed by atoms with van der Waals surface area (Å²) < 4.78 is 0. The Bertz CT molecular complexity index is 541. The summed E-state index contributed by atoms with van der Waals surface area (Å²) >= 11 is 15.8. The first-order chi connectivity index (χ1) is 10.7. The normalized spacial score (nSPS) is 16.3.